The van der Waals surface area contributed by atoms with E-state index >= 15 is 0 Å². The molecule has 0 N–H and O–H groups in total. The fourth-order valence-electron chi connectivity index (χ4n) is 5.99. The number of rotatable bonds is 11. The van der Waals surface area contributed by atoms with Crippen LogP contribution in [0.4, 0.5) is 0 Å². The van der Waals surface area contributed by atoms with Crippen LogP contribution in [0.3, 0.4) is 0 Å². The summed E-state index contributed by atoms with van der Waals surface area (Å²) < 4.78 is 69.0. The molecular formula is C41H38N2O8S2. The van der Waals surface area contributed by atoms with Gasteiger partial charge in [0.2, 0.25) is 0 Å². The molecule has 0 fully saturated rings. The number of ether oxygens (including phenoxy) is 2. The van der Waals surface area contributed by atoms with Gasteiger partial charge in [0.15, 0.2) is 9.84 Å². The van der Waals surface area contributed by atoms with E-state index in [1.54, 1.807) is 26.0 Å². The van der Waals surface area contributed by atoms with Gasteiger partial charge < -0.3 is 14.0 Å². The number of carbonyl (C=O) groups is 1. The van der Waals surface area contributed by atoms with Crippen LogP contribution in [0, 0.1) is 13.8 Å². The molecule has 2 heterocycles. The van der Waals surface area contributed by atoms with Gasteiger partial charge in [0.05, 0.1) is 22.2 Å². The number of aromatic nitrogens is 2. The molecule has 272 valence electrons. The van der Waals surface area contributed by atoms with Crippen LogP contribution < -0.4 is 10.3 Å². The van der Waals surface area contributed by atoms with Crippen molar-refractivity contribution in [3.63, 3.8) is 0 Å². The molecule has 4 aromatic carbocycles. The Morgan fingerprint density at radius 1 is 0.792 bits per heavy atom. The van der Waals surface area contributed by atoms with Crippen LogP contribution >= 0.6 is 0 Å². The number of hydrogen-bond acceptors (Lipinski definition) is 8. The zero-order chi connectivity index (χ0) is 38.1. The monoisotopic (exact) mass is 750 g/mol. The summed E-state index contributed by atoms with van der Waals surface area (Å²) in [5, 5.41) is 0.0803. The molecule has 6 aromatic rings. The molecule has 0 bridgehead atoms. The Hall–Kier alpha value is -5.72. The Morgan fingerprint density at radius 3 is 2.17 bits per heavy atom. The Bertz CT molecular complexity index is 2680. The molecule has 0 aliphatic carbocycles. The highest BCUT2D eigenvalue weighted by molar-refractivity contribution is 7.91. The van der Waals surface area contributed by atoms with E-state index in [1.165, 1.54) is 61.1 Å². The third kappa shape index (κ3) is 7.20. The first-order valence-corrected chi connectivity index (χ1v) is 20.0. The number of benzene rings is 4. The van der Waals surface area contributed by atoms with Gasteiger partial charge in [-0.2, -0.15) is 0 Å². The van der Waals surface area contributed by atoms with Crippen molar-refractivity contribution in [3.8, 4) is 22.6 Å². The first-order valence-electron chi connectivity index (χ1n) is 16.9. The second-order valence-corrected chi connectivity index (χ2v) is 16.5. The fourth-order valence-corrected chi connectivity index (χ4v) is 8.39. The number of fused-ring (bicyclic) bond motifs is 1. The van der Waals surface area contributed by atoms with Crippen LogP contribution in [0.5, 0.6) is 11.5 Å². The Kier molecular flexibility index (Phi) is 10.3. The molecule has 6 rings (SSSR count). The Balaban J connectivity index is 1.65. The topological polar surface area (TPSA) is 131 Å². The van der Waals surface area contributed by atoms with Gasteiger partial charge in [0, 0.05) is 35.3 Å². The lowest BCUT2D eigenvalue weighted by atomic mass is 10.0. The SMILES string of the molecule is CCOC(=O)c1cc2c(-c3cc(S(=O)(=O)CC)ccc3Oc3c(C)cccc3C=Cc3ccccc3)cn(C)c(=O)c2n1S(=O)(=O)c1ccc(C)cc1. The second-order valence-electron chi connectivity index (χ2n) is 12.5. The lowest BCUT2D eigenvalue weighted by Crippen LogP contribution is -2.25. The molecule has 12 heteroatoms. The van der Waals surface area contributed by atoms with Gasteiger partial charge in [-0.3, -0.25) is 4.79 Å². The highest BCUT2D eigenvalue weighted by Gasteiger charge is 2.31. The predicted molar refractivity (Wildman–Crippen MR) is 207 cm³/mol. The lowest BCUT2D eigenvalue weighted by Gasteiger charge is -2.18. The highest BCUT2D eigenvalue weighted by Crippen LogP contribution is 2.41. The van der Waals surface area contributed by atoms with E-state index in [0.29, 0.717) is 5.75 Å². The number of carbonyl (C=O) groups excluding carboxylic acids is 1. The highest BCUT2D eigenvalue weighted by atomic mass is 32.2. The largest absolute Gasteiger partial charge is 0.461 e. The third-order valence-corrected chi connectivity index (χ3v) is 12.3. The van der Waals surface area contributed by atoms with E-state index in [0.717, 1.165) is 26.2 Å². The maximum atomic E-state index is 14.3. The molecular weight excluding hydrogens is 713 g/mol. The van der Waals surface area contributed by atoms with Crippen LogP contribution in [-0.2, 0) is 31.6 Å². The van der Waals surface area contributed by atoms with Gasteiger partial charge in [0.25, 0.3) is 15.6 Å². The number of para-hydroxylation sites is 1. The maximum absolute atomic E-state index is 14.3. The van der Waals surface area contributed by atoms with Crippen molar-refractivity contribution in [1.82, 2.24) is 8.54 Å². The van der Waals surface area contributed by atoms with Gasteiger partial charge in [0.1, 0.15) is 22.7 Å². The molecule has 53 heavy (non-hydrogen) atoms. The van der Waals surface area contributed by atoms with E-state index in [4.69, 9.17) is 9.47 Å². The second kappa shape index (κ2) is 14.7. The van der Waals surface area contributed by atoms with Gasteiger partial charge in [-0.05, 0) is 68.3 Å². The average Bonchev–Trinajstić information content (AvgIpc) is 3.56. The molecule has 0 spiro atoms. The van der Waals surface area contributed by atoms with Crippen molar-refractivity contribution in [1.29, 1.82) is 0 Å². The summed E-state index contributed by atoms with van der Waals surface area (Å²) >= 11 is 0. The molecule has 0 aliphatic heterocycles. The molecule has 0 amide bonds. The van der Waals surface area contributed by atoms with Crippen LogP contribution in [0.1, 0.15) is 46.6 Å². The summed E-state index contributed by atoms with van der Waals surface area (Å²) in [6.45, 7) is 6.75. The Labute approximate surface area is 308 Å². The number of pyridine rings is 1. The third-order valence-electron chi connectivity index (χ3n) is 8.83. The van der Waals surface area contributed by atoms with Gasteiger partial charge >= 0.3 is 5.97 Å². The van der Waals surface area contributed by atoms with Gasteiger partial charge in [-0.1, -0.05) is 85.3 Å². The summed E-state index contributed by atoms with van der Waals surface area (Å²) in [4.78, 5) is 27.3. The number of aryl methyl sites for hydroxylation is 3. The van der Waals surface area contributed by atoms with E-state index in [1.807, 2.05) is 67.6 Å². The first-order chi connectivity index (χ1) is 25.3. The van der Waals surface area contributed by atoms with E-state index < -0.39 is 31.4 Å². The summed E-state index contributed by atoms with van der Waals surface area (Å²) in [7, 11) is -6.83. The van der Waals surface area contributed by atoms with Crippen LogP contribution in [-0.4, -0.2) is 43.7 Å². The molecule has 0 radical (unpaired) electrons. The molecule has 10 nitrogen and oxygen atoms in total. The van der Waals surface area contributed by atoms with Gasteiger partial charge in [-0.25, -0.2) is 25.6 Å². The van der Waals surface area contributed by atoms with Crippen molar-refractivity contribution in [3.05, 3.63) is 142 Å². The van der Waals surface area contributed by atoms with Crippen molar-refractivity contribution in [2.24, 2.45) is 7.05 Å². The minimum Gasteiger partial charge on any atom is -0.461 e. The predicted octanol–water partition coefficient (Wildman–Crippen LogP) is 7.79. The first kappa shape index (κ1) is 37.1. The Morgan fingerprint density at radius 2 is 1.49 bits per heavy atom. The summed E-state index contributed by atoms with van der Waals surface area (Å²) in [5.74, 6) is -0.407. The van der Waals surface area contributed by atoms with Gasteiger partial charge in [-0.15, -0.1) is 0 Å². The summed E-state index contributed by atoms with van der Waals surface area (Å²) in [6.07, 6.45) is 5.34. The standard InChI is InChI=1S/C41H38N2O8S2/c1-6-50-41(45)36-25-34-35(26-42(5)40(44)38(34)43(36)53(48,49)31-20-16-27(3)17-21-31)33-24-32(52(46,47)7-2)22-23-37(33)51-39-28(4)12-11-15-30(39)19-18-29-13-9-8-10-14-29/h8-26H,6-7H2,1-5H3. The minimum absolute atomic E-state index is 0.00402. The van der Waals surface area contributed by atoms with Crippen molar-refractivity contribution < 1.29 is 31.1 Å². The molecule has 0 aliphatic rings. The number of esters is 1. The molecule has 0 atom stereocenters. The van der Waals surface area contributed by atoms with E-state index in [2.05, 4.69) is 0 Å². The summed E-state index contributed by atoms with van der Waals surface area (Å²) in [6, 6.07) is 27.2. The molecule has 0 unspecified atom stereocenters. The van der Waals surface area contributed by atoms with E-state index in [9.17, 15) is 26.4 Å². The average molecular weight is 751 g/mol. The van der Waals surface area contributed by atoms with Crippen molar-refractivity contribution in [2.75, 3.05) is 12.4 Å². The number of sulfone groups is 1. The van der Waals surface area contributed by atoms with Crippen molar-refractivity contribution in [2.45, 2.75) is 37.5 Å². The quantitative estimate of drug-likeness (QED) is 0.0969. The normalized spacial score (nSPS) is 12.0. The number of hydrogen-bond donors (Lipinski definition) is 0. The summed E-state index contributed by atoms with van der Waals surface area (Å²) in [5.41, 5.74) is 2.42. The lowest BCUT2D eigenvalue weighted by molar-refractivity contribution is 0.0518. The molecule has 0 saturated carbocycles. The minimum atomic E-state index is -4.54. The van der Waals surface area contributed by atoms with E-state index in [-0.39, 0.29) is 55.6 Å². The molecule has 2 aromatic heterocycles. The van der Waals surface area contributed by atoms with Crippen LogP contribution in [0.15, 0.2) is 118 Å². The van der Waals surface area contributed by atoms with Crippen molar-refractivity contribution >= 4 is 48.9 Å². The fraction of sp³-hybridized carbons (Fsp3) is 0.171. The van der Waals surface area contributed by atoms with Crippen LogP contribution in [0.2, 0.25) is 0 Å². The zero-order valence-electron chi connectivity index (χ0n) is 29.9. The van der Waals surface area contributed by atoms with Crippen LogP contribution in [0.25, 0.3) is 34.2 Å². The molecule has 0 saturated heterocycles. The smallest absolute Gasteiger partial charge is 0.356 e. The zero-order valence-corrected chi connectivity index (χ0v) is 31.5. The number of nitrogens with zero attached hydrogens (tertiary/aromatic N) is 2. The maximum Gasteiger partial charge on any atom is 0.356 e.